The molecular weight excluding hydrogens is 374 g/mol. The number of nitrogens with zero attached hydrogens (tertiary/aromatic N) is 2. The van der Waals surface area contributed by atoms with Crippen LogP contribution in [0.2, 0.25) is 0 Å². The Kier molecular flexibility index (Phi) is 5.46. The topological polar surface area (TPSA) is 51.1 Å². The number of carbonyl (C=O) groups is 1. The van der Waals surface area contributed by atoms with Crippen LogP contribution >= 0.6 is 11.8 Å². The number of carbonyl (C=O) groups excluding carboxylic acids is 1. The predicted molar refractivity (Wildman–Crippen MR) is 101 cm³/mol. The van der Waals surface area contributed by atoms with Gasteiger partial charge in [-0.2, -0.15) is 0 Å². The monoisotopic (exact) mass is 390 g/mol. The molecule has 140 valence electrons. The predicted octanol–water partition coefficient (Wildman–Crippen LogP) is 4.22. The minimum absolute atomic E-state index is 0.0428. The molecule has 1 aliphatic heterocycles. The maximum absolute atomic E-state index is 13.8. The molecular formula is C19H16F2N2O3S. The van der Waals surface area contributed by atoms with E-state index in [1.165, 1.54) is 18.1 Å². The van der Waals surface area contributed by atoms with Crippen molar-refractivity contribution in [3.05, 3.63) is 58.5 Å². The summed E-state index contributed by atoms with van der Waals surface area (Å²) in [6.07, 6.45) is 1.66. The lowest BCUT2D eigenvalue weighted by atomic mass is 10.1. The van der Waals surface area contributed by atoms with Gasteiger partial charge in [0.2, 0.25) is 0 Å². The molecule has 1 amide bonds. The van der Waals surface area contributed by atoms with E-state index in [1.807, 2.05) is 0 Å². The van der Waals surface area contributed by atoms with E-state index >= 15 is 0 Å². The Morgan fingerprint density at radius 3 is 2.56 bits per heavy atom. The van der Waals surface area contributed by atoms with Gasteiger partial charge in [0.05, 0.1) is 19.1 Å². The highest BCUT2D eigenvalue weighted by molar-refractivity contribution is 8.18. The third-order valence-corrected chi connectivity index (χ3v) is 4.91. The maximum Gasteiger partial charge on any atom is 0.266 e. The first-order chi connectivity index (χ1) is 12.9. The fourth-order valence-electron chi connectivity index (χ4n) is 2.42. The SMILES string of the molecule is COc1ccc(OC)c(/C=C2/SC(=Nc3ccc(F)cc3F)N(C)C2=O)c1. The largest absolute Gasteiger partial charge is 0.497 e. The van der Waals surface area contributed by atoms with Crippen LogP contribution in [0.1, 0.15) is 5.56 Å². The van der Waals surface area contributed by atoms with Crippen molar-refractivity contribution in [2.75, 3.05) is 21.3 Å². The number of ether oxygens (including phenoxy) is 2. The lowest BCUT2D eigenvalue weighted by molar-refractivity contribution is -0.121. The van der Waals surface area contributed by atoms with Crippen molar-refractivity contribution >= 4 is 34.6 Å². The molecule has 0 saturated carbocycles. The molecule has 1 aliphatic rings. The molecule has 0 radical (unpaired) electrons. The van der Waals surface area contributed by atoms with Gasteiger partial charge in [-0.1, -0.05) is 0 Å². The molecule has 0 unspecified atom stereocenters. The van der Waals surface area contributed by atoms with E-state index in [4.69, 9.17) is 9.47 Å². The van der Waals surface area contributed by atoms with Crippen molar-refractivity contribution in [2.45, 2.75) is 0 Å². The summed E-state index contributed by atoms with van der Waals surface area (Å²) < 4.78 is 37.4. The van der Waals surface area contributed by atoms with Crippen LogP contribution in [0.4, 0.5) is 14.5 Å². The Hall–Kier alpha value is -2.87. The summed E-state index contributed by atoms with van der Waals surface area (Å²) in [7, 11) is 4.62. The molecule has 3 rings (SSSR count). The Morgan fingerprint density at radius 1 is 1.11 bits per heavy atom. The van der Waals surface area contributed by atoms with Crippen molar-refractivity contribution in [2.24, 2.45) is 4.99 Å². The minimum Gasteiger partial charge on any atom is -0.497 e. The van der Waals surface area contributed by atoms with Crippen LogP contribution in [0.5, 0.6) is 11.5 Å². The molecule has 1 saturated heterocycles. The van der Waals surface area contributed by atoms with Gasteiger partial charge in [-0.05, 0) is 48.2 Å². The molecule has 0 atom stereocenters. The Balaban J connectivity index is 1.96. The van der Waals surface area contributed by atoms with Crippen LogP contribution in [0.15, 0.2) is 46.3 Å². The third-order valence-electron chi connectivity index (χ3n) is 3.85. The summed E-state index contributed by atoms with van der Waals surface area (Å²) in [5, 5.41) is 0.290. The van der Waals surface area contributed by atoms with Crippen molar-refractivity contribution in [1.29, 1.82) is 0 Å². The Labute approximate surface area is 159 Å². The highest BCUT2D eigenvalue weighted by Crippen LogP contribution is 2.36. The maximum atomic E-state index is 13.8. The highest BCUT2D eigenvalue weighted by Gasteiger charge is 2.31. The average Bonchev–Trinajstić information content (AvgIpc) is 2.92. The molecule has 8 heteroatoms. The number of hydrogen-bond donors (Lipinski definition) is 0. The van der Waals surface area contributed by atoms with E-state index in [2.05, 4.69) is 4.99 Å². The molecule has 0 N–H and O–H groups in total. The second kappa shape index (κ2) is 7.79. The van der Waals surface area contributed by atoms with Gasteiger partial charge in [0, 0.05) is 18.7 Å². The van der Waals surface area contributed by atoms with Crippen LogP contribution in [-0.2, 0) is 4.79 Å². The second-order valence-electron chi connectivity index (χ2n) is 5.57. The fraction of sp³-hybridized carbons (Fsp3) is 0.158. The van der Waals surface area contributed by atoms with E-state index in [9.17, 15) is 13.6 Å². The fourth-order valence-corrected chi connectivity index (χ4v) is 3.39. The number of aliphatic imine (C=N–C) groups is 1. The molecule has 0 aliphatic carbocycles. The zero-order chi connectivity index (χ0) is 19.6. The number of rotatable bonds is 4. The average molecular weight is 390 g/mol. The van der Waals surface area contributed by atoms with Crippen molar-refractivity contribution in [1.82, 2.24) is 4.90 Å². The van der Waals surface area contributed by atoms with Crippen molar-refractivity contribution < 1.29 is 23.0 Å². The number of thioether (sulfide) groups is 1. The zero-order valence-electron chi connectivity index (χ0n) is 14.8. The molecule has 1 fully saturated rings. The summed E-state index contributed by atoms with van der Waals surface area (Å²) in [5.41, 5.74) is 0.620. The second-order valence-corrected chi connectivity index (χ2v) is 6.58. The first-order valence-electron chi connectivity index (χ1n) is 7.86. The van der Waals surface area contributed by atoms with E-state index in [0.717, 1.165) is 23.9 Å². The molecule has 2 aromatic carbocycles. The van der Waals surface area contributed by atoms with Gasteiger partial charge < -0.3 is 9.47 Å². The van der Waals surface area contributed by atoms with E-state index in [1.54, 1.807) is 38.4 Å². The van der Waals surface area contributed by atoms with Gasteiger partial charge in [0.25, 0.3) is 5.91 Å². The number of benzene rings is 2. The number of likely N-dealkylation sites (N-methyl/N-ethyl adjacent to an activating group) is 1. The summed E-state index contributed by atoms with van der Waals surface area (Å²) >= 11 is 1.09. The van der Waals surface area contributed by atoms with Crippen molar-refractivity contribution in [3.8, 4) is 11.5 Å². The number of amides is 1. The zero-order valence-corrected chi connectivity index (χ0v) is 15.6. The summed E-state index contributed by atoms with van der Waals surface area (Å²) in [5.74, 6) is -0.573. The van der Waals surface area contributed by atoms with Gasteiger partial charge in [0.15, 0.2) is 11.0 Å². The smallest absolute Gasteiger partial charge is 0.266 e. The van der Waals surface area contributed by atoms with Crippen LogP contribution in [0.25, 0.3) is 6.08 Å². The number of hydrogen-bond acceptors (Lipinski definition) is 5. The number of halogens is 2. The van der Waals surface area contributed by atoms with Crippen LogP contribution < -0.4 is 9.47 Å². The van der Waals surface area contributed by atoms with E-state index < -0.39 is 11.6 Å². The summed E-state index contributed by atoms with van der Waals surface area (Å²) in [6, 6.07) is 8.32. The van der Waals surface area contributed by atoms with E-state index in [0.29, 0.717) is 27.1 Å². The lowest BCUT2D eigenvalue weighted by Gasteiger charge is -2.08. The van der Waals surface area contributed by atoms with Gasteiger partial charge >= 0.3 is 0 Å². The number of methoxy groups -OCH3 is 2. The molecule has 1 heterocycles. The van der Waals surface area contributed by atoms with Crippen molar-refractivity contribution in [3.63, 3.8) is 0 Å². The standard InChI is InChI=1S/C19H16F2N2O3S/c1-23-18(24)17(9-11-8-13(25-2)5-7-16(11)26-3)27-19(23)22-15-6-4-12(20)10-14(15)21/h4-10H,1-3H3/b17-9+,22-19?. The highest BCUT2D eigenvalue weighted by atomic mass is 32.2. The van der Waals surface area contributed by atoms with Gasteiger partial charge in [-0.25, -0.2) is 13.8 Å². The Bertz CT molecular complexity index is 960. The molecule has 5 nitrogen and oxygen atoms in total. The van der Waals surface area contributed by atoms with Crippen LogP contribution in [0, 0.1) is 11.6 Å². The number of amidine groups is 1. The molecule has 2 aromatic rings. The minimum atomic E-state index is -0.796. The van der Waals surface area contributed by atoms with Gasteiger partial charge in [-0.15, -0.1) is 0 Å². The molecule has 0 aromatic heterocycles. The molecule has 27 heavy (non-hydrogen) atoms. The van der Waals surface area contributed by atoms with Crippen LogP contribution in [-0.4, -0.2) is 37.2 Å². The van der Waals surface area contributed by atoms with E-state index in [-0.39, 0.29) is 11.6 Å². The molecule has 0 spiro atoms. The normalized spacial score (nSPS) is 17.1. The quantitative estimate of drug-likeness (QED) is 0.734. The van der Waals surface area contributed by atoms with Crippen LogP contribution in [0.3, 0.4) is 0 Å². The first kappa shape index (κ1) is 18.9. The third kappa shape index (κ3) is 3.95. The lowest BCUT2D eigenvalue weighted by Crippen LogP contribution is -2.23. The Morgan fingerprint density at radius 2 is 1.89 bits per heavy atom. The van der Waals surface area contributed by atoms with Gasteiger partial charge in [-0.3, -0.25) is 9.69 Å². The summed E-state index contributed by atoms with van der Waals surface area (Å²) in [6.45, 7) is 0. The molecule has 0 bridgehead atoms. The van der Waals surface area contributed by atoms with Gasteiger partial charge in [0.1, 0.15) is 23.0 Å². The summed E-state index contributed by atoms with van der Waals surface area (Å²) in [4.78, 5) is 18.4. The first-order valence-corrected chi connectivity index (χ1v) is 8.68.